The summed E-state index contributed by atoms with van der Waals surface area (Å²) in [6.45, 7) is 0. The van der Waals surface area contributed by atoms with Crippen molar-refractivity contribution in [2.75, 3.05) is 0 Å². The van der Waals surface area contributed by atoms with Crippen molar-refractivity contribution in [2.24, 2.45) is 0 Å². The number of hydrogen-bond donors (Lipinski definition) is 0. The molecule has 0 aromatic heterocycles. The predicted octanol–water partition coefficient (Wildman–Crippen LogP) is 4.10. The molecule has 2 aromatic carbocycles. The molecule has 0 saturated carbocycles. The molecule has 0 unspecified atom stereocenters. The summed E-state index contributed by atoms with van der Waals surface area (Å²) in [5.74, 6) is 0. The first-order chi connectivity index (χ1) is 6.95. The van der Waals surface area contributed by atoms with Gasteiger partial charge in [0, 0.05) is 0 Å². The highest BCUT2D eigenvalue weighted by Gasteiger charge is 1.97. The molecule has 0 amide bonds. The molecule has 0 nitrogen and oxygen atoms in total. The maximum atomic E-state index is 2.36. The average molecular weight is 228 g/mol. The van der Waals surface area contributed by atoms with Crippen LogP contribution in [-0.4, -0.2) is 0 Å². The number of hydrogen-bond acceptors (Lipinski definition) is 0. The molecule has 0 radical (unpaired) electrons. The van der Waals surface area contributed by atoms with Gasteiger partial charge in [-0.05, 0) is 34.1 Å². The largest absolute Gasteiger partial charge is 0.0776 e. The Balaban J connectivity index is 0.000000853. The minimum atomic E-state index is 0. The quantitative estimate of drug-likeness (QED) is 0.637. The molecule has 1 aliphatic rings. The molecule has 0 spiro atoms. The highest BCUT2D eigenvalue weighted by atomic mass is 14.0. The van der Waals surface area contributed by atoms with Crippen LogP contribution < -0.4 is 10.4 Å². The molecule has 17 heavy (non-hydrogen) atoms. The Labute approximate surface area is 105 Å². The molecule has 0 aliphatic heterocycles. The van der Waals surface area contributed by atoms with Crippen molar-refractivity contribution < 1.29 is 0 Å². The van der Waals surface area contributed by atoms with Gasteiger partial charge in [-0.1, -0.05) is 70.8 Å². The smallest absolute Gasteiger partial charge is 0.0109 e. The molecule has 0 fully saturated rings. The fourth-order valence-corrected chi connectivity index (χ4v) is 2.18. The monoisotopic (exact) mass is 228 g/mol. The zero-order valence-corrected chi connectivity index (χ0v) is 8.03. The summed E-state index contributed by atoms with van der Waals surface area (Å²) in [5, 5.41) is 5.56. The zero-order valence-electron chi connectivity index (χ0n) is 8.03. The first-order valence-electron chi connectivity index (χ1n) is 5.13. The first kappa shape index (κ1) is 15.4. The van der Waals surface area contributed by atoms with Crippen LogP contribution in [0.25, 0.3) is 22.9 Å². The first-order valence-corrected chi connectivity index (χ1v) is 5.13. The molecule has 2 aromatic rings. The molecule has 3 rings (SSSR count). The van der Waals surface area contributed by atoms with Gasteiger partial charge in [0.05, 0.1) is 0 Å². The second kappa shape index (κ2) is 6.24. The van der Waals surface area contributed by atoms with Gasteiger partial charge < -0.3 is 0 Å². The summed E-state index contributed by atoms with van der Waals surface area (Å²) in [6.07, 6.45) is 7.06. The molecular formula is C17H24. The van der Waals surface area contributed by atoms with Crippen LogP contribution in [0, 0.1) is 0 Å². The van der Waals surface area contributed by atoms with Crippen LogP contribution in [0.3, 0.4) is 0 Å². The fourth-order valence-electron chi connectivity index (χ4n) is 2.18. The lowest BCUT2D eigenvalue weighted by Gasteiger charge is -2.03. The molecule has 1 aliphatic carbocycles. The van der Waals surface area contributed by atoms with Crippen LogP contribution in [0.5, 0.6) is 0 Å². The predicted molar refractivity (Wildman–Crippen MR) is 81.6 cm³/mol. The van der Waals surface area contributed by atoms with Gasteiger partial charge >= 0.3 is 0 Å². The molecule has 0 bridgehead atoms. The van der Waals surface area contributed by atoms with Gasteiger partial charge in [0.15, 0.2) is 0 Å². The van der Waals surface area contributed by atoms with Crippen LogP contribution in [0.4, 0.5) is 0 Å². The van der Waals surface area contributed by atoms with E-state index in [0.29, 0.717) is 0 Å². The van der Waals surface area contributed by atoms with Crippen molar-refractivity contribution in [2.45, 2.75) is 35.1 Å². The second-order valence-electron chi connectivity index (χ2n) is 3.78. The van der Waals surface area contributed by atoms with Gasteiger partial charge in [-0.3, -0.25) is 0 Å². The Morgan fingerprint density at radius 2 is 1.41 bits per heavy atom. The number of rotatable bonds is 0. The number of fused-ring (bicyclic) bond motifs is 3. The third kappa shape index (κ3) is 2.58. The topological polar surface area (TPSA) is 0 Å². The summed E-state index contributed by atoms with van der Waals surface area (Å²) in [5.41, 5.74) is 0. The lowest BCUT2D eigenvalue weighted by atomic mass is 10.0. The summed E-state index contributed by atoms with van der Waals surface area (Å²) in [7, 11) is 0. The van der Waals surface area contributed by atoms with Crippen molar-refractivity contribution in [3.63, 3.8) is 0 Å². The summed E-state index contributed by atoms with van der Waals surface area (Å²) < 4.78 is 0. The molecular weight excluding hydrogens is 204 g/mol. The Bertz CT molecular complexity index is 591. The Morgan fingerprint density at radius 1 is 0.706 bits per heavy atom. The third-order valence-electron chi connectivity index (χ3n) is 2.88. The zero-order chi connectivity index (χ0) is 9.38. The van der Waals surface area contributed by atoms with Crippen molar-refractivity contribution in [1.82, 2.24) is 0 Å². The van der Waals surface area contributed by atoms with Gasteiger partial charge in [0.1, 0.15) is 0 Å². The van der Waals surface area contributed by atoms with Gasteiger partial charge in [-0.2, -0.15) is 0 Å². The van der Waals surface area contributed by atoms with E-state index in [9.17, 15) is 0 Å². The lowest BCUT2D eigenvalue weighted by Crippen LogP contribution is -2.26. The highest BCUT2D eigenvalue weighted by molar-refractivity contribution is 5.84. The Hall–Kier alpha value is -1.56. The summed E-state index contributed by atoms with van der Waals surface area (Å²) in [4.78, 5) is 0. The van der Waals surface area contributed by atoms with Crippen LogP contribution in [0.1, 0.15) is 35.1 Å². The molecule has 0 atom stereocenters. The van der Waals surface area contributed by atoms with Crippen molar-refractivity contribution in [1.29, 1.82) is 0 Å². The van der Waals surface area contributed by atoms with Crippen molar-refractivity contribution in [3.05, 3.63) is 46.8 Å². The van der Waals surface area contributed by atoms with Gasteiger partial charge in [0.25, 0.3) is 0 Å². The van der Waals surface area contributed by atoms with Crippen LogP contribution in [0.2, 0.25) is 0 Å². The van der Waals surface area contributed by atoms with Crippen molar-refractivity contribution >= 4 is 22.9 Å². The van der Waals surface area contributed by atoms with E-state index in [-0.39, 0.29) is 22.3 Å². The van der Waals surface area contributed by atoms with Gasteiger partial charge in [-0.15, -0.1) is 0 Å². The van der Waals surface area contributed by atoms with Crippen LogP contribution in [0.15, 0.2) is 36.4 Å². The lowest BCUT2D eigenvalue weighted by molar-refractivity contribution is 1.12. The fraction of sp³-hybridized carbons (Fsp3) is 0.294. The third-order valence-corrected chi connectivity index (χ3v) is 2.88. The maximum absolute atomic E-state index is 2.36. The number of benzene rings is 2. The van der Waals surface area contributed by atoms with Crippen LogP contribution >= 0.6 is 0 Å². The molecule has 0 N–H and O–H groups in total. The van der Waals surface area contributed by atoms with Crippen molar-refractivity contribution in [3.8, 4) is 0 Å². The average Bonchev–Trinajstić information content (AvgIpc) is 2.29. The van der Waals surface area contributed by atoms with Gasteiger partial charge in [-0.25, -0.2) is 0 Å². The van der Waals surface area contributed by atoms with E-state index in [2.05, 4.69) is 48.6 Å². The van der Waals surface area contributed by atoms with Crippen LogP contribution in [-0.2, 0) is 0 Å². The minimum absolute atomic E-state index is 0. The van der Waals surface area contributed by atoms with E-state index in [0.717, 1.165) is 0 Å². The Kier molecular flexibility index (Phi) is 5.67. The van der Waals surface area contributed by atoms with E-state index in [1.54, 1.807) is 0 Å². The standard InChI is InChI=1S/C14H12.3CH4/c1-3-7-13-11(5-1)9-10-12-6-2-4-8-14(12)13;;;/h1,3,5-10H,2,4H2;3*1H4. The maximum Gasteiger partial charge on any atom is -0.0109 e. The molecule has 0 heteroatoms. The van der Waals surface area contributed by atoms with E-state index in [1.165, 1.54) is 34.1 Å². The normalized spacial score (nSPS) is 11.8. The molecule has 0 heterocycles. The summed E-state index contributed by atoms with van der Waals surface area (Å²) >= 11 is 0. The molecule has 0 saturated heterocycles. The molecule has 92 valence electrons. The van der Waals surface area contributed by atoms with Gasteiger partial charge in [0.2, 0.25) is 0 Å². The van der Waals surface area contributed by atoms with E-state index >= 15 is 0 Å². The highest BCUT2D eigenvalue weighted by Crippen LogP contribution is 2.08. The minimum Gasteiger partial charge on any atom is -0.0776 e. The van der Waals surface area contributed by atoms with E-state index in [4.69, 9.17) is 0 Å². The second-order valence-corrected chi connectivity index (χ2v) is 3.78. The van der Waals surface area contributed by atoms with E-state index < -0.39 is 0 Å². The summed E-state index contributed by atoms with van der Waals surface area (Å²) in [6, 6.07) is 13.0. The SMILES string of the molecule is C.C.C.C1=c2ccc3ccccc3c2=CCC1. The Morgan fingerprint density at radius 3 is 2.24 bits per heavy atom. The van der Waals surface area contributed by atoms with E-state index in [1.807, 2.05) is 0 Å².